The molecule has 1 aromatic heterocycles. The molecule has 0 aliphatic heterocycles. The highest BCUT2D eigenvalue weighted by Gasteiger charge is 2.20. The molecule has 3 nitrogen and oxygen atoms in total. The molecule has 0 amide bonds. The molecule has 0 aliphatic carbocycles. The topological polar surface area (TPSA) is 19.6 Å². The van der Waals surface area contributed by atoms with Crippen LogP contribution in [0.15, 0.2) is 186 Å². The van der Waals surface area contributed by atoms with E-state index in [0.717, 1.165) is 66.8 Å². The molecule has 0 atom stereocenters. The highest BCUT2D eigenvalue weighted by Crippen LogP contribution is 2.45. The third-order valence-corrected chi connectivity index (χ3v) is 8.98. The Morgan fingerprint density at radius 1 is 0.298 bits per heavy atom. The van der Waals surface area contributed by atoms with Gasteiger partial charge in [-0.05, 0) is 95.0 Å². The molecule has 0 saturated carbocycles. The maximum absolute atomic E-state index is 6.87. The molecule has 0 radical (unpaired) electrons. The Hall–Kier alpha value is -6.32. The normalized spacial score (nSPS) is 11.4. The van der Waals surface area contributed by atoms with Gasteiger partial charge in [0.05, 0.1) is 0 Å². The Morgan fingerprint density at radius 3 is 1.23 bits per heavy atom. The van der Waals surface area contributed by atoms with Crippen LogP contribution in [0.25, 0.3) is 43.5 Å². The van der Waals surface area contributed by atoms with Crippen molar-refractivity contribution < 1.29 is 4.42 Å². The zero-order valence-corrected chi connectivity index (χ0v) is 25.6. The third kappa shape index (κ3) is 4.60. The van der Waals surface area contributed by atoms with E-state index in [4.69, 9.17) is 4.42 Å². The summed E-state index contributed by atoms with van der Waals surface area (Å²) in [6.07, 6.45) is 0. The van der Waals surface area contributed by atoms with Crippen molar-refractivity contribution in [1.82, 2.24) is 0 Å². The van der Waals surface area contributed by atoms with Crippen molar-refractivity contribution in [2.24, 2.45) is 0 Å². The Morgan fingerprint density at radius 2 is 0.723 bits per heavy atom. The summed E-state index contributed by atoms with van der Waals surface area (Å²) >= 11 is 0. The van der Waals surface area contributed by atoms with Crippen LogP contribution >= 0.6 is 0 Å². The molecule has 0 unspecified atom stereocenters. The molecular formula is C44H30N2O. The van der Waals surface area contributed by atoms with Gasteiger partial charge in [-0.15, -0.1) is 0 Å². The molecule has 9 rings (SSSR count). The molecule has 0 spiro atoms. The lowest BCUT2D eigenvalue weighted by molar-refractivity contribution is 0.673. The van der Waals surface area contributed by atoms with E-state index in [1.165, 1.54) is 10.8 Å². The summed E-state index contributed by atoms with van der Waals surface area (Å²) in [6, 6.07) is 64.1. The summed E-state index contributed by atoms with van der Waals surface area (Å²) in [5, 5.41) is 6.92. The molecule has 0 fully saturated rings. The number of furan rings is 1. The molecule has 222 valence electrons. The smallest absolute Gasteiger partial charge is 0.143 e. The number of rotatable bonds is 6. The number of fused-ring (bicyclic) bond motifs is 8. The maximum Gasteiger partial charge on any atom is 0.143 e. The second-order valence-corrected chi connectivity index (χ2v) is 11.8. The number of hydrogen-bond acceptors (Lipinski definition) is 3. The van der Waals surface area contributed by atoms with Crippen LogP contribution in [0, 0.1) is 0 Å². The molecule has 47 heavy (non-hydrogen) atoms. The first kappa shape index (κ1) is 27.0. The maximum atomic E-state index is 6.87. The van der Waals surface area contributed by atoms with Crippen molar-refractivity contribution in [3.8, 4) is 0 Å². The van der Waals surface area contributed by atoms with Crippen molar-refractivity contribution in [2.45, 2.75) is 0 Å². The minimum atomic E-state index is 0.867. The Bertz CT molecular complexity index is 2430. The quantitative estimate of drug-likeness (QED) is 0.177. The molecule has 8 aromatic carbocycles. The summed E-state index contributed by atoms with van der Waals surface area (Å²) in [4.78, 5) is 4.59. The first-order valence-corrected chi connectivity index (χ1v) is 15.9. The first-order chi connectivity index (χ1) is 23.3. The van der Waals surface area contributed by atoms with E-state index >= 15 is 0 Å². The van der Waals surface area contributed by atoms with E-state index in [1.54, 1.807) is 0 Å². The molecule has 9 aromatic rings. The molecule has 0 saturated heterocycles. The number of hydrogen-bond donors (Lipinski definition) is 0. The van der Waals surface area contributed by atoms with Crippen molar-refractivity contribution in [3.05, 3.63) is 182 Å². The van der Waals surface area contributed by atoms with Crippen LogP contribution in [0.2, 0.25) is 0 Å². The SMILES string of the molecule is c1ccc(N(c2ccccc2)c2ccc3c(c2)oc2c4ccc(N(c5ccccc5)c5ccccc5)cc4c4ccccc4c32)cc1. The lowest BCUT2D eigenvalue weighted by atomic mass is 9.96. The predicted molar refractivity (Wildman–Crippen MR) is 198 cm³/mol. The van der Waals surface area contributed by atoms with Crippen LogP contribution in [-0.2, 0) is 0 Å². The summed E-state index contributed by atoms with van der Waals surface area (Å²) in [6.45, 7) is 0. The van der Waals surface area contributed by atoms with Gasteiger partial charge in [-0.25, -0.2) is 0 Å². The molecule has 1 heterocycles. The van der Waals surface area contributed by atoms with Gasteiger partial charge in [0.1, 0.15) is 11.2 Å². The number of nitrogens with zero attached hydrogens (tertiary/aromatic N) is 2. The number of anilines is 6. The number of benzene rings is 8. The minimum absolute atomic E-state index is 0.867. The van der Waals surface area contributed by atoms with Gasteiger partial charge in [-0.1, -0.05) is 97.1 Å². The van der Waals surface area contributed by atoms with Crippen LogP contribution in [0.4, 0.5) is 34.1 Å². The van der Waals surface area contributed by atoms with Crippen molar-refractivity contribution >= 4 is 77.6 Å². The third-order valence-electron chi connectivity index (χ3n) is 8.98. The van der Waals surface area contributed by atoms with E-state index in [1.807, 2.05) is 0 Å². The van der Waals surface area contributed by atoms with Gasteiger partial charge in [0.15, 0.2) is 0 Å². The lowest BCUT2D eigenvalue weighted by Gasteiger charge is -2.26. The zero-order valence-electron chi connectivity index (χ0n) is 25.6. The second kappa shape index (κ2) is 11.2. The van der Waals surface area contributed by atoms with Gasteiger partial charge in [-0.2, -0.15) is 0 Å². The van der Waals surface area contributed by atoms with Gasteiger partial charge in [0, 0.05) is 56.3 Å². The van der Waals surface area contributed by atoms with Gasteiger partial charge >= 0.3 is 0 Å². The van der Waals surface area contributed by atoms with Crippen LogP contribution in [0.3, 0.4) is 0 Å². The van der Waals surface area contributed by atoms with Crippen LogP contribution in [0.5, 0.6) is 0 Å². The summed E-state index contributed by atoms with van der Waals surface area (Å²) in [5.41, 5.74) is 8.34. The van der Waals surface area contributed by atoms with Gasteiger partial charge in [0.2, 0.25) is 0 Å². The fraction of sp³-hybridized carbons (Fsp3) is 0. The first-order valence-electron chi connectivity index (χ1n) is 15.9. The largest absolute Gasteiger partial charge is 0.455 e. The molecule has 3 heteroatoms. The molecule has 0 bridgehead atoms. The van der Waals surface area contributed by atoms with E-state index in [0.29, 0.717) is 0 Å². The minimum Gasteiger partial charge on any atom is -0.455 e. The fourth-order valence-corrected chi connectivity index (χ4v) is 6.91. The Balaban J connectivity index is 1.27. The van der Waals surface area contributed by atoms with Crippen LogP contribution < -0.4 is 9.80 Å². The van der Waals surface area contributed by atoms with Crippen molar-refractivity contribution in [3.63, 3.8) is 0 Å². The van der Waals surface area contributed by atoms with Gasteiger partial charge in [0.25, 0.3) is 0 Å². The predicted octanol–water partition coefficient (Wildman–Crippen LogP) is 12.8. The van der Waals surface area contributed by atoms with Crippen LogP contribution in [0.1, 0.15) is 0 Å². The van der Waals surface area contributed by atoms with Crippen LogP contribution in [-0.4, -0.2) is 0 Å². The highest BCUT2D eigenvalue weighted by atomic mass is 16.3. The van der Waals surface area contributed by atoms with E-state index in [9.17, 15) is 0 Å². The Kier molecular flexibility index (Phi) is 6.46. The van der Waals surface area contributed by atoms with Gasteiger partial charge in [-0.3, -0.25) is 0 Å². The monoisotopic (exact) mass is 602 g/mol. The molecular weight excluding hydrogens is 572 g/mol. The summed E-state index contributed by atoms with van der Waals surface area (Å²) in [5.74, 6) is 0. The second-order valence-electron chi connectivity index (χ2n) is 11.8. The highest BCUT2D eigenvalue weighted by molar-refractivity contribution is 6.30. The average molecular weight is 603 g/mol. The molecule has 0 aliphatic rings. The lowest BCUT2D eigenvalue weighted by Crippen LogP contribution is -2.09. The molecule has 0 N–H and O–H groups in total. The Labute approximate surface area is 273 Å². The van der Waals surface area contributed by atoms with E-state index in [2.05, 4.69) is 192 Å². The van der Waals surface area contributed by atoms with Crippen molar-refractivity contribution in [2.75, 3.05) is 9.80 Å². The van der Waals surface area contributed by atoms with E-state index in [-0.39, 0.29) is 0 Å². The summed E-state index contributed by atoms with van der Waals surface area (Å²) in [7, 11) is 0. The zero-order chi connectivity index (χ0) is 31.2. The number of para-hydroxylation sites is 4. The average Bonchev–Trinajstić information content (AvgIpc) is 3.53. The van der Waals surface area contributed by atoms with Gasteiger partial charge < -0.3 is 14.2 Å². The fourth-order valence-electron chi connectivity index (χ4n) is 6.91. The van der Waals surface area contributed by atoms with Crippen molar-refractivity contribution in [1.29, 1.82) is 0 Å². The standard InChI is InChI=1S/C44H30N2O/c1-5-15-31(16-6-1)45(32-17-7-2-8-18-32)35-25-27-39-41(29-35)37-23-13-14-24-38(37)43-40-28-26-36(30-42(40)47-44(39)43)46(33-19-9-3-10-20-33)34-21-11-4-12-22-34/h1-30H. The van der Waals surface area contributed by atoms with E-state index < -0.39 is 0 Å². The summed E-state index contributed by atoms with van der Waals surface area (Å²) < 4.78 is 6.87.